The Morgan fingerprint density at radius 2 is 2.07 bits per heavy atom. The van der Waals surface area contributed by atoms with Crippen LogP contribution in [0.3, 0.4) is 0 Å². The molecule has 2 heterocycles. The molecule has 0 saturated heterocycles. The Kier molecular flexibility index (Phi) is 5.74. The van der Waals surface area contributed by atoms with Crippen LogP contribution in [0, 0.1) is 0 Å². The molecule has 2 aromatic heterocycles. The normalized spacial score (nSPS) is 11.3. The minimum atomic E-state index is -0.271. The van der Waals surface area contributed by atoms with Crippen molar-refractivity contribution in [1.29, 1.82) is 0 Å². The van der Waals surface area contributed by atoms with Gasteiger partial charge >= 0.3 is 0 Å². The molecule has 1 amide bonds. The fourth-order valence-electron chi connectivity index (χ4n) is 2.97. The molecule has 0 aliphatic carbocycles. The summed E-state index contributed by atoms with van der Waals surface area (Å²) in [6.07, 6.45) is 3.22. The summed E-state index contributed by atoms with van der Waals surface area (Å²) in [5.41, 5.74) is 2.59. The molecule has 0 fully saturated rings. The predicted octanol–water partition coefficient (Wildman–Crippen LogP) is 3.63. The minimum Gasteiger partial charge on any atom is -0.378 e. The van der Waals surface area contributed by atoms with Crippen LogP contribution in [0.4, 0.5) is 0 Å². The fraction of sp³-hybridized carbons (Fsp3) is 0.316. The van der Waals surface area contributed by atoms with Gasteiger partial charge in [0.1, 0.15) is 0 Å². The van der Waals surface area contributed by atoms with Crippen LogP contribution >= 0.6 is 11.6 Å². The molecular weight excluding hydrogens is 368 g/mol. The zero-order chi connectivity index (χ0) is 19.6. The van der Waals surface area contributed by atoms with Crippen molar-refractivity contribution in [1.82, 2.24) is 19.8 Å². The number of amides is 1. The van der Waals surface area contributed by atoms with E-state index >= 15 is 0 Å². The second kappa shape index (κ2) is 8.04. The monoisotopic (exact) mass is 388 g/mol. The number of ether oxygens (including phenoxy) is 1. The topological polar surface area (TPSA) is 69.5 Å². The molecule has 3 rings (SSSR count). The molecule has 0 bridgehead atoms. The van der Waals surface area contributed by atoms with E-state index in [2.05, 4.69) is 10.1 Å². The molecule has 3 aromatic rings. The van der Waals surface area contributed by atoms with Crippen molar-refractivity contribution in [2.45, 2.75) is 26.5 Å². The Bertz CT molecular complexity index is 971. The van der Waals surface area contributed by atoms with Gasteiger partial charge in [-0.25, -0.2) is 9.75 Å². The number of nitrogens with zero attached hydrogens (tertiary/aromatic N) is 4. The van der Waals surface area contributed by atoms with Gasteiger partial charge < -0.3 is 4.74 Å². The number of carbonyl (C=O) groups excluding carboxylic acids is 1. The predicted molar refractivity (Wildman–Crippen MR) is 103 cm³/mol. The third kappa shape index (κ3) is 3.66. The molecular formula is C19H21ClN4O3. The fourth-order valence-corrected chi connectivity index (χ4v) is 3.14. The highest BCUT2D eigenvalue weighted by Gasteiger charge is 2.25. The number of hydroxylamine groups is 2. The number of benzene rings is 1. The Morgan fingerprint density at radius 1 is 1.30 bits per heavy atom. The van der Waals surface area contributed by atoms with E-state index < -0.39 is 0 Å². The Morgan fingerprint density at radius 3 is 2.74 bits per heavy atom. The van der Waals surface area contributed by atoms with Gasteiger partial charge in [-0.1, -0.05) is 11.6 Å². The quantitative estimate of drug-likeness (QED) is 0.603. The van der Waals surface area contributed by atoms with Gasteiger partial charge in [-0.2, -0.15) is 5.10 Å². The van der Waals surface area contributed by atoms with Crippen LogP contribution in [-0.4, -0.2) is 46.0 Å². The van der Waals surface area contributed by atoms with E-state index in [1.807, 2.05) is 26.0 Å². The van der Waals surface area contributed by atoms with E-state index in [0.29, 0.717) is 16.3 Å². The summed E-state index contributed by atoms with van der Waals surface area (Å²) in [4.78, 5) is 22.5. The summed E-state index contributed by atoms with van der Waals surface area (Å²) in [6.45, 7) is 3.97. The zero-order valence-corrected chi connectivity index (χ0v) is 16.4. The molecule has 0 radical (unpaired) electrons. The number of hydrogen-bond donors (Lipinski definition) is 0. The number of fused-ring (bicyclic) bond motifs is 1. The average molecular weight is 389 g/mol. The molecule has 0 saturated carbocycles. The van der Waals surface area contributed by atoms with Crippen LogP contribution < -0.4 is 0 Å². The molecule has 0 aliphatic rings. The molecule has 8 heteroatoms. The standard InChI is InChI=1S/C19H21ClN4O3/c1-12(2)24(27-4)19(25)15-10-22-23(18(15)11-26-3)17-7-8-21-16-9-13(20)5-6-14(16)17/h5-10,12H,11H2,1-4H3. The molecule has 7 nitrogen and oxygen atoms in total. The van der Waals surface area contributed by atoms with Gasteiger partial charge in [0.2, 0.25) is 0 Å². The van der Waals surface area contributed by atoms with Gasteiger partial charge in [0.05, 0.1) is 48.4 Å². The number of carbonyl (C=O) groups is 1. The van der Waals surface area contributed by atoms with E-state index in [-0.39, 0.29) is 18.6 Å². The number of rotatable bonds is 6. The van der Waals surface area contributed by atoms with Gasteiger partial charge in [-0.05, 0) is 38.1 Å². The summed E-state index contributed by atoms with van der Waals surface area (Å²) in [5, 5.41) is 7.23. The maximum Gasteiger partial charge on any atom is 0.281 e. The van der Waals surface area contributed by atoms with Gasteiger partial charge in [0.15, 0.2) is 0 Å². The van der Waals surface area contributed by atoms with Crippen LogP contribution in [0.1, 0.15) is 29.9 Å². The molecule has 0 atom stereocenters. The highest BCUT2D eigenvalue weighted by molar-refractivity contribution is 6.31. The third-order valence-corrected chi connectivity index (χ3v) is 4.39. The lowest BCUT2D eigenvalue weighted by molar-refractivity contribution is -0.115. The van der Waals surface area contributed by atoms with Crippen LogP contribution in [0.15, 0.2) is 36.7 Å². The summed E-state index contributed by atoms with van der Waals surface area (Å²) >= 11 is 6.08. The SMILES string of the molecule is COCc1c(C(=O)N(OC)C(C)C)cnn1-c1ccnc2cc(Cl)ccc12. The number of methoxy groups -OCH3 is 1. The summed E-state index contributed by atoms with van der Waals surface area (Å²) in [7, 11) is 3.05. The van der Waals surface area contributed by atoms with Crippen molar-refractivity contribution in [2.75, 3.05) is 14.2 Å². The highest BCUT2D eigenvalue weighted by Crippen LogP contribution is 2.26. The average Bonchev–Trinajstić information content (AvgIpc) is 3.05. The lowest BCUT2D eigenvalue weighted by atomic mass is 10.1. The van der Waals surface area contributed by atoms with Gasteiger partial charge in [0.25, 0.3) is 5.91 Å². The molecule has 0 N–H and O–H groups in total. The largest absolute Gasteiger partial charge is 0.378 e. The van der Waals surface area contributed by atoms with Crippen molar-refractivity contribution in [3.63, 3.8) is 0 Å². The minimum absolute atomic E-state index is 0.120. The van der Waals surface area contributed by atoms with E-state index in [1.54, 1.807) is 30.1 Å². The molecule has 0 spiro atoms. The first kappa shape index (κ1) is 19.3. The van der Waals surface area contributed by atoms with E-state index in [1.165, 1.54) is 18.4 Å². The van der Waals surface area contributed by atoms with E-state index in [9.17, 15) is 4.79 Å². The van der Waals surface area contributed by atoms with Crippen molar-refractivity contribution in [3.8, 4) is 5.69 Å². The molecule has 0 aliphatic heterocycles. The zero-order valence-electron chi connectivity index (χ0n) is 15.6. The van der Waals surface area contributed by atoms with Crippen LogP contribution in [0.5, 0.6) is 0 Å². The maximum atomic E-state index is 12.9. The second-order valence-corrected chi connectivity index (χ2v) is 6.69. The van der Waals surface area contributed by atoms with E-state index in [0.717, 1.165) is 16.6 Å². The van der Waals surface area contributed by atoms with Gasteiger partial charge in [-0.15, -0.1) is 0 Å². The maximum absolute atomic E-state index is 12.9. The number of hydrogen-bond acceptors (Lipinski definition) is 5. The second-order valence-electron chi connectivity index (χ2n) is 6.25. The Balaban J connectivity index is 2.16. The molecule has 0 unspecified atom stereocenters. The molecule has 1 aromatic carbocycles. The smallest absolute Gasteiger partial charge is 0.281 e. The van der Waals surface area contributed by atoms with Crippen LogP contribution in [-0.2, 0) is 16.2 Å². The van der Waals surface area contributed by atoms with Crippen molar-refractivity contribution < 1.29 is 14.4 Å². The number of aromatic nitrogens is 3. The number of pyridine rings is 1. The van der Waals surface area contributed by atoms with Gasteiger partial charge in [0, 0.05) is 23.7 Å². The molecule has 142 valence electrons. The van der Waals surface area contributed by atoms with Gasteiger partial charge in [-0.3, -0.25) is 14.6 Å². The van der Waals surface area contributed by atoms with Crippen LogP contribution in [0.2, 0.25) is 5.02 Å². The lowest BCUT2D eigenvalue weighted by Gasteiger charge is -2.23. The van der Waals surface area contributed by atoms with Crippen LogP contribution in [0.25, 0.3) is 16.6 Å². The van der Waals surface area contributed by atoms with Crippen molar-refractivity contribution in [3.05, 3.63) is 52.9 Å². The van der Waals surface area contributed by atoms with Crippen molar-refractivity contribution in [2.24, 2.45) is 0 Å². The first-order chi connectivity index (χ1) is 13.0. The summed E-state index contributed by atoms with van der Waals surface area (Å²) in [5.74, 6) is -0.271. The first-order valence-electron chi connectivity index (χ1n) is 8.46. The third-order valence-electron chi connectivity index (χ3n) is 4.16. The number of halogens is 1. The van der Waals surface area contributed by atoms with E-state index in [4.69, 9.17) is 21.2 Å². The first-order valence-corrected chi connectivity index (χ1v) is 8.83. The van der Waals surface area contributed by atoms with Crippen molar-refractivity contribution >= 4 is 28.4 Å². The Hall–Kier alpha value is -2.48. The summed E-state index contributed by atoms with van der Waals surface area (Å²) < 4.78 is 7.03. The molecule has 27 heavy (non-hydrogen) atoms. The lowest BCUT2D eigenvalue weighted by Crippen LogP contribution is -2.36. The Labute approximate surface area is 162 Å². The highest BCUT2D eigenvalue weighted by atomic mass is 35.5. The summed E-state index contributed by atoms with van der Waals surface area (Å²) in [6, 6.07) is 7.19.